The Morgan fingerprint density at radius 2 is 1.71 bits per heavy atom. The van der Waals surface area contributed by atoms with E-state index in [2.05, 4.69) is 18.9 Å². The van der Waals surface area contributed by atoms with Crippen molar-refractivity contribution in [3.05, 3.63) is 70.9 Å². The normalized spacial score (nSPS) is 11.6. The lowest BCUT2D eigenvalue weighted by Crippen LogP contribution is -2.24. The van der Waals surface area contributed by atoms with E-state index in [0.29, 0.717) is 29.3 Å². The summed E-state index contributed by atoms with van der Waals surface area (Å²) in [7, 11) is -3.34. The van der Waals surface area contributed by atoms with Gasteiger partial charge in [0, 0.05) is 11.8 Å². The zero-order valence-corrected chi connectivity index (χ0v) is 18.5. The van der Waals surface area contributed by atoms with Crippen LogP contribution in [0, 0.1) is 11.7 Å². The van der Waals surface area contributed by atoms with Crippen molar-refractivity contribution in [3.63, 3.8) is 0 Å². The molecule has 0 amide bonds. The highest BCUT2D eigenvalue weighted by atomic mass is 32.2. The summed E-state index contributed by atoms with van der Waals surface area (Å²) in [6, 6.07) is 11.7. The maximum atomic E-state index is 13.3. The second-order valence-corrected chi connectivity index (χ2v) is 9.78. The van der Waals surface area contributed by atoms with E-state index in [0.717, 1.165) is 23.8 Å². The van der Waals surface area contributed by atoms with Crippen LogP contribution in [0.15, 0.2) is 64.4 Å². The van der Waals surface area contributed by atoms with E-state index in [-0.39, 0.29) is 10.6 Å². The Morgan fingerprint density at radius 1 is 1.06 bits per heavy atom. The van der Waals surface area contributed by atoms with Gasteiger partial charge < -0.3 is 4.74 Å². The molecule has 0 radical (unpaired) electrons. The molecule has 1 heterocycles. The third-order valence-electron chi connectivity index (χ3n) is 4.77. The van der Waals surface area contributed by atoms with Crippen LogP contribution in [0.2, 0.25) is 0 Å². The molecular formula is C23H25FN2O4S. The zero-order valence-electron chi connectivity index (χ0n) is 17.7. The van der Waals surface area contributed by atoms with Crippen LogP contribution in [0.3, 0.4) is 0 Å². The molecule has 31 heavy (non-hydrogen) atoms. The van der Waals surface area contributed by atoms with Crippen LogP contribution in [0.5, 0.6) is 5.75 Å². The monoisotopic (exact) mass is 444 g/mol. The number of rotatable bonds is 8. The number of benzene rings is 2. The van der Waals surface area contributed by atoms with Crippen molar-refractivity contribution in [1.82, 2.24) is 9.78 Å². The van der Waals surface area contributed by atoms with Crippen LogP contribution < -0.4 is 10.3 Å². The first-order chi connectivity index (χ1) is 14.7. The van der Waals surface area contributed by atoms with Crippen molar-refractivity contribution in [1.29, 1.82) is 0 Å². The second kappa shape index (κ2) is 9.43. The topological polar surface area (TPSA) is 78.3 Å². The molecule has 0 aliphatic rings. The third-order valence-corrected chi connectivity index (χ3v) is 5.90. The lowest BCUT2D eigenvalue weighted by Gasteiger charge is -2.14. The van der Waals surface area contributed by atoms with Crippen molar-refractivity contribution >= 4 is 9.84 Å². The summed E-state index contributed by atoms with van der Waals surface area (Å²) in [6.07, 6.45) is 4.37. The molecule has 0 saturated heterocycles. The van der Waals surface area contributed by atoms with Gasteiger partial charge in [0.1, 0.15) is 5.82 Å². The molecule has 3 rings (SSSR count). The Kier molecular flexibility index (Phi) is 6.90. The smallest absolute Gasteiger partial charge is 0.314 e. The van der Waals surface area contributed by atoms with Crippen molar-refractivity contribution < 1.29 is 17.5 Å². The van der Waals surface area contributed by atoms with Crippen LogP contribution in [0.1, 0.15) is 26.7 Å². The molecule has 0 N–H and O–H groups in total. The highest BCUT2D eigenvalue weighted by Crippen LogP contribution is 2.28. The lowest BCUT2D eigenvalue weighted by molar-refractivity contribution is 0.293. The highest BCUT2D eigenvalue weighted by Gasteiger charge is 2.17. The fourth-order valence-corrected chi connectivity index (χ4v) is 3.73. The fraction of sp³-hybridized carbons (Fsp3) is 0.304. The number of hydrogen-bond acceptors (Lipinski definition) is 5. The number of sulfone groups is 1. The minimum Gasteiger partial charge on any atom is -0.487 e. The number of halogens is 1. The van der Waals surface area contributed by atoms with Gasteiger partial charge in [0.15, 0.2) is 15.6 Å². The average molecular weight is 445 g/mol. The SMILES string of the molecule is CC(C)CCCOc1c(-c2ccc(S(C)(=O)=O)cc2)cnn(-c2ccc(F)cc2)c1=O. The fourth-order valence-electron chi connectivity index (χ4n) is 3.10. The molecule has 0 unspecified atom stereocenters. The maximum absolute atomic E-state index is 13.3. The van der Waals surface area contributed by atoms with Crippen LogP contribution >= 0.6 is 0 Å². The van der Waals surface area contributed by atoms with E-state index in [9.17, 15) is 17.6 Å². The van der Waals surface area contributed by atoms with Gasteiger partial charge in [-0.05, 0) is 60.7 Å². The van der Waals surface area contributed by atoms with Crippen LogP contribution in [0.25, 0.3) is 16.8 Å². The Hall–Kier alpha value is -3.00. The molecule has 2 aromatic carbocycles. The standard InChI is InChI=1S/C23H25FN2O4S/c1-16(2)5-4-14-30-22-21(17-6-12-20(13-7-17)31(3,28)29)15-25-26(23(22)27)19-10-8-18(24)9-11-19/h6-13,15-16H,4-5,14H2,1-3H3. The Labute approximate surface area is 181 Å². The third kappa shape index (κ3) is 5.58. The first-order valence-corrected chi connectivity index (χ1v) is 11.9. The van der Waals surface area contributed by atoms with E-state index in [1.165, 1.54) is 42.6 Å². The Balaban J connectivity index is 2.04. The van der Waals surface area contributed by atoms with Gasteiger partial charge in [-0.2, -0.15) is 9.78 Å². The van der Waals surface area contributed by atoms with Gasteiger partial charge in [0.05, 0.1) is 23.4 Å². The van der Waals surface area contributed by atoms with E-state index in [1.54, 1.807) is 12.1 Å². The summed E-state index contributed by atoms with van der Waals surface area (Å²) in [5, 5.41) is 4.23. The predicted octanol–water partition coefficient (Wildman–Crippen LogP) is 4.26. The molecule has 0 aliphatic heterocycles. The van der Waals surface area contributed by atoms with Gasteiger partial charge in [-0.1, -0.05) is 26.0 Å². The molecule has 0 atom stereocenters. The van der Waals surface area contributed by atoms with Gasteiger partial charge in [-0.25, -0.2) is 12.8 Å². The van der Waals surface area contributed by atoms with Crippen molar-refractivity contribution in [2.24, 2.45) is 5.92 Å². The molecule has 3 aromatic rings. The summed E-state index contributed by atoms with van der Waals surface area (Å²) >= 11 is 0. The van der Waals surface area contributed by atoms with Crippen molar-refractivity contribution in [3.8, 4) is 22.6 Å². The van der Waals surface area contributed by atoms with Gasteiger partial charge in [-0.3, -0.25) is 4.79 Å². The van der Waals surface area contributed by atoms with Gasteiger partial charge in [0.2, 0.25) is 0 Å². The molecule has 6 nitrogen and oxygen atoms in total. The molecule has 0 aliphatic carbocycles. The maximum Gasteiger partial charge on any atom is 0.314 e. The largest absolute Gasteiger partial charge is 0.487 e. The number of ether oxygens (including phenoxy) is 1. The molecule has 0 bridgehead atoms. The van der Waals surface area contributed by atoms with Crippen LogP contribution in [-0.4, -0.2) is 31.1 Å². The lowest BCUT2D eigenvalue weighted by atomic mass is 10.1. The van der Waals surface area contributed by atoms with Crippen LogP contribution in [-0.2, 0) is 9.84 Å². The quantitative estimate of drug-likeness (QED) is 0.485. The molecule has 164 valence electrons. The first kappa shape index (κ1) is 22.7. The summed E-state index contributed by atoms with van der Waals surface area (Å²) in [5.41, 5.74) is 1.02. The minimum absolute atomic E-state index is 0.121. The number of nitrogens with zero attached hydrogens (tertiary/aromatic N) is 2. The second-order valence-electron chi connectivity index (χ2n) is 7.76. The molecule has 1 aromatic heterocycles. The van der Waals surface area contributed by atoms with Crippen molar-refractivity contribution in [2.75, 3.05) is 12.9 Å². The summed E-state index contributed by atoms with van der Waals surface area (Å²) < 4.78 is 43.8. The molecular weight excluding hydrogens is 419 g/mol. The van der Waals surface area contributed by atoms with Gasteiger partial charge >= 0.3 is 5.56 Å². The summed E-state index contributed by atoms with van der Waals surface area (Å²) in [5.74, 6) is 0.222. The first-order valence-electron chi connectivity index (χ1n) is 9.98. The number of aromatic nitrogens is 2. The predicted molar refractivity (Wildman–Crippen MR) is 118 cm³/mol. The Bertz CT molecular complexity index is 1200. The molecule has 8 heteroatoms. The van der Waals surface area contributed by atoms with E-state index >= 15 is 0 Å². The Morgan fingerprint density at radius 3 is 2.29 bits per heavy atom. The summed E-state index contributed by atoms with van der Waals surface area (Å²) in [4.78, 5) is 13.4. The van der Waals surface area contributed by atoms with Crippen molar-refractivity contribution in [2.45, 2.75) is 31.6 Å². The van der Waals surface area contributed by atoms with Gasteiger partial charge in [-0.15, -0.1) is 0 Å². The van der Waals surface area contributed by atoms with Gasteiger partial charge in [0.25, 0.3) is 0 Å². The van der Waals surface area contributed by atoms with E-state index in [4.69, 9.17) is 4.74 Å². The zero-order chi connectivity index (χ0) is 22.6. The van der Waals surface area contributed by atoms with E-state index < -0.39 is 21.2 Å². The molecule has 0 saturated carbocycles. The summed E-state index contributed by atoms with van der Waals surface area (Å²) in [6.45, 7) is 4.58. The molecule has 0 spiro atoms. The number of hydrogen-bond donors (Lipinski definition) is 0. The minimum atomic E-state index is -3.34. The highest BCUT2D eigenvalue weighted by molar-refractivity contribution is 7.90. The van der Waals surface area contributed by atoms with Crippen LogP contribution in [0.4, 0.5) is 4.39 Å². The molecule has 0 fully saturated rings. The average Bonchev–Trinajstić information content (AvgIpc) is 2.72. The van der Waals surface area contributed by atoms with E-state index in [1.807, 2.05) is 0 Å².